The summed E-state index contributed by atoms with van der Waals surface area (Å²) in [6.07, 6.45) is -1.57. The lowest BCUT2D eigenvalue weighted by Crippen LogP contribution is -2.17. The van der Waals surface area contributed by atoms with Gasteiger partial charge in [-0.1, -0.05) is 0 Å². The third-order valence-electron chi connectivity index (χ3n) is 2.80. The molecule has 1 aromatic carbocycles. The molecule has 0 saturated heterocycles. The van der Waals surface area contributed by atoms with Crippen molar-refractivity contribution in [3.05, 3.63) is 29.2 Å². The van der Waals surface area contributed by atoms with Crippen molar-refractivity contribution < 1.29 is 19.3 Å². The molecular weight excluding hydrogens is 229 g/mol. The molecule has 3 atom stereocenters. The molecule has 2 rings (SSSR count). The van der Waals surface area contributed by atoms with Crippen LogP contribution >= 0.6 is 0 Å². The van der Waals surface area contributed by atoms with Crippen molar-refractivity contribution in [2.24, 2.45) is 0 Å². The van der Waals surface area contributed by atoms with Crippen molar-refractivity contribution >= 4 is 5.69 Å². The minimum absolute atomic E-state index is 0.0892. The minimum Gasteiger partial charge on any atom is -0.761 e. The van der Waals surface area contributed by atoms with Crippen LogP contribution in [-0.4, -0.2) is 28.5 Å². The molecule has 0 radical (unpaired) electrons. The molecule has 6 heteroatoms. The number of benzene rings is 1. The number of hydrogen-bond donors (Lipinski definition) is 3. The van der Waals surface area contributed by atoms with Crippen molar-refractivity contribution in [1.82, 2.24) is 0 Å². The molecule has 1 unspecified atom stereocenters. The van der Waals surface area contributed by atoms with Gasteiger partial charge in [0.25, 0.3) is 0 Å². The Hall–Kier alpha value is -1.37. The first-order valence-corrected chi connectivity index (χ1v) is 5.30. The van der Waals surface area contributed by atoms with Gasteiger partial charge in [0.15, 0.2) is 0 Å². The Morgan fingerprint density at radius 1 is 1.29 bits per heavy atom. The van der Waals surface area contributed by atoms with Crippen LogP contribution in [0.3, 0.4) is 0 Å². The van der Waals surface area contributed by atoms with E-state index in [0.717, 1.165) is 12.1 Å². The van der Waals surface area contributed by atoms with Crippen LogP contribution in [0.15, 0.2) is 18.2 Å². The Morgan fingerprint density at radius 2 is 1.94 bits per heavy atom. The molecule has 1 aliphatic rings. The molecule has 1 fully saturated rings. The first-order chi connectivity index (χ1) is 8.10. The van der Waals surface area contributed by atoms with Crippen LogP contribution in [0.4, 0.5) is 10.1 Å². The van der Waals surface area contributed by atoms with Crippen LogP contribution in [0.2, 0.25) is 0 Å². The Morgan fingerprint density at radius 3 is 2.53 bits per heavy atom. The van der Waals surface area contributed by atoms with E-state index >= 15 is 0 Å². The second-order valence-corrected chi connectivity index (χ2v) is 4.09. The highest BCUT2D eigenvalue weighted by atomic mass is 19.1. The topological polar surface area (TPSA) is 84.8 Å². The average Bonchev–Trinajstić information content (AvgIpc) is 2.58. The fourth-order valence-corrected chi connectivity index (χ4v) is 1.90. The summed E-state index contributed by atoms with van der Waals surface area (Å²) in [7, 11) is 0. The lowest BCUT2D eigenvalue weighted by Gasteiger charge is -2.19. The van der Waals surface area contributed by atoms with E-state index in [2.05, 4.69) is 0 Å². The summed E-state index contributed by atoms with van der Waals surface area (Å²) in [5.41, 5.74) is 1.78. The van der Waals surface area contributed by atoms with Crippen molar-refractivity contribution in [3.63, 3.8) is 0 Å². The highest BCUT2D eigenvalue weighted by Crippen LogP contribution is 2.30. The summed E-state index contributed by atoms with van der Waals surface area (Å²) < 4.78 is 18.4. The molecule has 0 amide bonds. The molecule has 0 spiro atoms. The van der Waals surface area contributed by atoms with Gasteiger partial charge in [0.2, 0.25) is 0 Å². The van der Waals surface area contributed by atoms with Crippen LogP contribution < -0.4 is 10.2 Å². The summed E-state index contributed by atoms with van der Waals surface area (Å²) in [6.45, 7) is 0. The molecule has 17 heavy (non-hydrogen) atoms. The number of anilines is 1. The molecule has 0 aliphatic heterocycles. The molecule has 0 aromatic heterocycles. The van der Waals surface area contributed by atoms with Crippen molar-refractivity contribution in [2.45, 2.75) is 31.2 Å². The zero-order chi connectivity index (χ0) is 12.4. The SMILES string of the molecule is [O-]Nc1ccc(F)cc1OC1C[C@@H](O)[C@@H](O)C1. The van der Waals surface area contributed by atoms with Crippen LogP contribution in [0, 0.1) is 11.0 Å². The lowest BCUT2D eigenvalue weighted by atomic mass is 10.2. The van der Waals surface area contributed by atoms with E-state index in [1.807, 2.05) is 0 Å². The second-order valence-electron chi connectivity index (χ2n) is 4.09. The van der Waals surface area contributed by atoms with E-state index < -0.39 is 24.1 Å². The Bertz CT molecular complexity index is 391. The highest BCUT2D eigenvalue weighted by Gasteiger charge is 2.33. The number of halogens is 1. The van der Waals surface area contributed by atoms with Gasteiger partial charge in [0, 0.05) is 18.9 Å². The first kappa shape index (κ1) is 12.1. The molecule has 94 valence electrons. The van der Waals surface area contributed by atoms with E-state index in [4.69, 9.17) is 4.74 Å². The number of aliphatic hydroxyl groups is 2. The molecule has 0 heterocycles. The van der Waals surface area contributed by atoms with Gasteiger partial charge in [0.05, 0.1) is 17.9 Å². The van der Waals surface area contributed by atoms with Gasteiger partial charge < -0.3 is 25.6 Å². The quantitative estimate of drug-likeness (QED) is 0.688. The van der Waals surface area contributed by atoms with Gasteiger partial charge in [-0.25, -0.2) is 4.39 Å². The van der Waals surface area contributed by atoms with Gasteiger partial charge in [0.1, 0.15) is 17.7 Å². The van der Waals surface area contributed by atoms with Gasteiger partial charge in [-0.3, -0.25) is 0 Å². The minimum atomic E-state index is -0.836. The van der Waals surface area contributed by atoms with Crippen LogP contribution in [0.5, 0.6) is 5.75 Å². The van der Waals surface area contributed by atoms with Gasteiger partial charge in [-0.05, 0) is 12.1 Å². The fraction of sp³-hybridized carbons (Fsp3) is 0.455. The molecule has 1 aliphatic carbocycles. The van der Waals surface area contributed by atoms with E-state index in [-0.39, 0.29) is 24.3 Å². The monoisotopic (exact) mass is 242 g/mol. The largest absolute Gasteiger partial charge is 0.761 e. The van der Waals surface area contributed by atoms with Gasteiger partial charge in [-0.15, -0.1) is 0 Å². The molecule has 3 N–H and O–H groups in total. The maximum Gasteiger partial charge on any atom is 0.144 e. The summed E-state index contributed by atoms with van der Waals surface area (Å²) in [6, 6.07) is 3.52. The van der Waals surface area contributed by atoms with Crippen LogP contribution in [0.25, 0.3) is 0 Å². The Kier molecular flexibility index (Phi) is 3.46. The Labute approximate surface area is 97.4 Å². The summed E-state index contributed by atoms with van der Waals surface area (Å²) in [4.78, 5) is 0. The van der Waals surface area contributed by atoms with E-state index in [1.165, 1.54) is 6.07 Å². The van der Waals surface area contributed by atoms with Crippen LogP contribution in [0.1, 0.15) is 12.8 Å². The fourth-order valence-electron chi connectivity index (χ4n) is 1.90. The third-order valence-corrected chi connectivity index (χ3v) is 2.80. The summed E-state index contributed by atoms with van der Waals surface area (Å²) >= 11 is 0. The van der Waals surface area contributed by atoms with Gasteiger partial charge >= 0.3 is 0 Å². The predicted octanol–water partition coefficient (Wildman–Crippen LogP) is 0.998. The number of nitrogens with one attached hydrogen (secondary N) is 1. The predicted molar refractivity (Wildman–Crippen MR) is 59.1 cm³/mol. The number of rotatable bonds is 3. The standard InChI is InChI=1S/C11H13FNO4/c12-6-1-2-8(13-16)11(3-6)17-7-4-9(14)10(15)5-7/h1-3,7,9-10,13-15H,4-5H2/q-1/t7?,9-,10+. The van der Waals surface area contributed by atoms with Crippen molar-refractivity contribution in [1.29, 1.82) is 0 Å². The first-order valence-electron chi connectivity index (χ1n) is 5.30. The summed E-state index contributed by atoms with van der Waals surface area (Å²) in [5.74, 6) is -0.426. The third kappa shape index (κ3) is 2.66. The molecule has 1 aromatic rings. The van der Waals surface area contributed by atoms with Crippen molar-refractivity contribution in [2.75, 3.05) is 5.48 Å². The summed E-state index contributed by atoms with van der Waals surface area (Å²) in [5, 5.41) is 29.3. The van der Waals surface area contributed by atoms with Gasteiger partial charge in [-0.2, -0.15) is 0 Å². The second kappa shape index (κ2) is 4.87. The maximum absolute atomic E-state index is 13.0. The normalized spacial score (nSPS) is 28.1. The lowest BCUT2D eigenvalue weighted by molar-refractivity contribution is 0.0438. The highest BCUT2D eigenvalue weighted by molar-refractivity contribution is 5.56. The molecule has 5 nitrogen and oxygen atoms in total. The number of ether oxygens (including phenoxy) is 1. The van der Waals surface area contributed by atoms with E-state index in [9.17, 15) is 19.8 Å². The maximum atomic E-state index is 13.0. The zero-order valence-corrected chi connectivity index (χ0v) is 8.97. The molecular formula is C11H13FNO4-. The van der Waals surface area contributed by atoms with E-state index in [0.29, 0.717) is 0 Å². The number of hydrogen-bond acceptors (Lipinski definition) is 5. The van der Waals surface area contributed by atoms with Crippen LogP contribution in [-0.2, 0) is 0 Å². The number of aliphatic hydroxyl groups excluding tert-OH is 2. The molecule has 0 bridgehead atoms. The molecule has 1 saturated carbocycles. The smallest absolute Gasteiger partial charge is 0.144 e. The van der Waals surface area contributed by atoms with E-state index in [1.54, 1.807) is 5.48 Å². The van der Waals surface area contributed by atoms with Crippen molar-refractivity contribution in [3.8, 4) is 5.75 Å². The average molecular weight is 242 g/mol. The Balaban J connectivity index is 2.10. The zero-order valence-electron chi connectivity index (χ0n) is 8.97.